The summed E-state index contributed by atoms with van der Waals surface area (Å²) in [6.45, 7) is 5.10. The second kappa shape index (κ2) is 7.65. The maximum Gasteiger partial charge on any atom is 0.258 e. The molecule has 5 heteroatoms. The zero-order chi connectivity index (χ0) is 15.1. The van der Waals surface area contributed by atoms with E-state index < -0.39 is 0 Å². The van der Waals surface area contributed by atoms with Gasteiger partial charge in [0.2, 0.25) is 0 Å². The van der Waals surface area contributed by atoms with Gasteiger partial charge in [-0.3, -0.25) is 4.79 Å². The van der Waals surface area contributed by atoms with E-state index in [1.807, 2.05) is 0 Å². The number of nitrogens with one attached hydrogen (secondary N) is 1. The van der Waals surface area contributed by atoms with Crippen molar-refractivity contribution >= 4 is 5.91 Å². The van der Waals surface area contributed by atoms with Crippen LogP contribution >= 0.6 is 0 Å². The number of hydrogen-bond donors (Lipinski definition) is 1. The maximum absolute atomic E-state index is 11.9. The highest BCUT2D eigenvalue weighted by atomic mass is 16.5. The summed E-state index contributed by atoms with van der Waals surface area (Å²) in [4.78, 5) is 14.3. The van der Waals surface area contributed by atoms with Gasteiger partial charge in [-0.15, -0.1) is 0 Å². The van der Waals surface area contributed by atoms with Gasteiger partial charge in [0.1, 0.15) is 11.8 Å². The van der Waals surface area contributed by atoms with Crippen LogP contribution in [-0.2, 0) is 4.79 Å². The lowest BCUT2D eigenvalue weighted by molar-refractivity contribution is -0.124. The summed E-state index contributed by atoms with van der Waals surface area (Å²) in [5, 5.41) is 12.0. The fourth-order valence-electron chi connectivity index (χ4n) is 2.56. The van der Waals surface area contributed by atoms with Crippen molar-refractivity contribution in [2.24, 2.45) is 0 Å². The predicted molar refractivity (Wildman–Crippen MR) is 79.9 cm³/mol. The van der Waals surface area contributed by atoms with Crippen molar-refractivity contribution in [2.75, 3.05) is 26.2 Å². The SMILES string of the molecule is CCN1CCCC(NC(=O)COc2ccccc2C#N)C1. The van der Waals surface area contributed by atoms with Crippen molar-refractivity contribution < 1.29 is 9.53 Å². The van der Waals surface area contributed by atoms with Gasteiger partial charge in [0, 0.05) is 12.6 Å². The van der Waals surface area contributed by atoms with Crippen molar-refractivity contribution in [2.45, 2.75) is 25.8 Å². The molecule has 1 N–H and O–H groups in total. The lowest BCUT2D eigenvalue weighted by atomic mass is 10.1. The van der Waals surface area contributed by atoms with Crippen LogP contribution in [0.1, 0.15) is 25.3 Å². The molecule has 1 fully saturated rings. The van der Waals surface area contributed by atoms with E-state index in [9.17, 15) is 4.79 Å². The molecule has 1 atom stereocenters. The van der Waals surface area contributed by atoms with Crippen LogP contribution in [0.5, 0.6) is 5.75 Å². The molecule has 1 heterocycles. The Morgan fingerprint density at radius 1 is 1.52 bits per heavy atom. The third-order valence-corrected chi connectivity index (χ3v) is 3.68. The van der Waals surface area contributed by atoms with Gasteiger partial charge < -0.3 is 15.0 Å². The zero-order valence-electron chi connectivity index (χ0n) is 12.3. The average Bonchev–Trinajstić information content (AvgIpc) is 2.53. The van der Waals surface area contributed by atoms with E-state index in [1.165, 1.54) is 0 Å². The number of rotatable bonds is 5. The molecule has 1 unspecified atom stereocenters. The first kappa shape index (κ1) is 15.3. The van der Waals surface area contributed by atoms with E-state index in [4.69, 9.17) is 10.00 Å². The molecule has 2 rings (SSSR count). The Labute approximate surface area is 125 Å². The number of hydrogen-bond acceptors (Lipinski definition) is 4. The molecule has 0 saturated carbocycles. The number of nitriles is 1. The van der Waals surface area contributed by atoms with E-state index in [1.54, 1.807) is 24.3 Å². The highest BCUT2D eigenvalue weighted by Crippen LogP contribution is 2.16. The molecule has 1 aliphatic heterocycles. The number of likely N-dealkylation sites (tertiary alicyclic amines) is 1. The third-order valence-electron chi connectivity index (χ3n) is 3.68. The summed E-state index contributed by atoms with van der Waals surface area (Å²) in [6.07, 6.45) is 2.12. The smallest absolute Gasteiger partial charge is 0.258 e. The van der Waals surface area contributed by atoms with Gasteiger partial charge in [-0.1, -0.05) is 19.1 Å². The Bertz CT molecular complexity index is 524. The molecule has 1 aromatic rings. The maximum atomic E-state index is 11.9. The van der Waals surface area contributed by atoms with E-state index in [0.29, 0.717) is 11.3 Å². The van der Waals surface area contributed by atoms with Gasteiger partial charge in [-0.25, -0.2) is 0 Å². The summed E-state index contributed by atoms with van der Waals surface area (Å²) in [5.74, 6) is 0.319. The Balaban J connectivity index is 1.81. The summed E-state index contributed by atoms with van der Waals surface area (Å²) >= 11 is 0. The molecule has 0 aromatic heterocycles. The fourth-order valence-corrected chi connectivity index (χ4v) is 2.56. The number of ether oxygens (including phenoxy) is 1. The van der Waals surface area contributed by atoms with Crippen LogP contribution < -0.4 is 10.1 Å². The number of amides is 1. The van der Waals surface area contributed by atoms with Crippen LogP contribution in [0.25, 0.3) is 0 Å². The number of carbonyl (C=O) groups is 1. The summed E-state index contributed by atoms with van der Waals surface area (Å²) < 4.78 is 5.44. The Hall–Kier alpha value is -2.06. The Kier molecular flexibility index (Phi) is 5.59. The first-order valence-electron chi connectivity index (χ1n) is 7.36. The molecular weight excluding hydrogens is 266 g/mol. The third kappa shape index (κ3) is 4.47. The molecule has 112 valence electrons. The first-order chi connectivity index (χ1) is 10.2. The molecule has 0 radical (unpaired) electrons. The number of piperidine rings is 1. The van der Waals surface area contributed by atoms with Gasteiger partial charge >= 0.3 is 0 Å². The molecule has 0 bridgehead atoms. The van der Waals surface area contributed by atoms with Crippen LogP contribution in [0.15, 0.2) is 24.3 Å². The van der Waals surface area contributed by atoms with Crippen molar-refractivity contribution in [1.29, 1.82) is 5.26 Å². The fraction of sp³-hybridized carbons (Fsp3) is 0.500. The standard InChI is InChI=1S/C16H21N3O2/c1-2-19-9-5-7-14(11-19)18-16(20)12-21-15-8-4-3-6-13(15)10-17/h3-4,6,8,14H,2,5,7,9,11-12H2,1H3,(H,18,20). The summed E-state index contributed by atoms with van der Waals surface area (Å²) in [6, 6.07) is 9.18. The predicted octanol–water partition coefficient (Wildman–Crippen LogP) is 1.54. The van der Waals surface area contributed by atoms with Gasteiger partial charge in [0.15, 0.2) is 6.61 Å². The topological polar surface area (TPSA) is 65.4 Å². The second-order valence-corrected chi connectivity index (χ2v) is 5.20. The van der Waals surface area contributed by atoms with E-state index in [0.717, 1.165) is 32.5 Å². The molecule has 1 saturated heterocycles. The van der Waals surface area contributed by atoms with Crippen LogP contribution in [-0.4, -0.2) is 43.1 Å². The van der Waals surface area contributed by atoms with E-state index in [2.05, 4.69) is 23.2 Å². The lowest BCUT2D eigenvalue weighted by Gasteiger charge is -2.32. The molecule has 5 nitrogen and oxygen atoms in total. The van der Waals surface area contributed by atoms with Gasteiger partial charge in [0.25, 0.3) is 5.91 Å². The summed E-state index contributed by atoms with van der Waals surface area (Å²) in [5.41, 5.74) is 0.445. The van der Waals surface area contributed by atoms with Gasteiger partial charge in [-0.05, 0) is 38.1 Å². The quantitative estimate of drug-likeness (QED) is 0.892. The number of carbonyl (C=O) groups excluding carboxylic acids is 1. The van der Waals surface area contributed by atoms with E-state index >= 15 is 0 Å². The van der Waals surface area contributed by atoms with Crippen molar-refractivity contribution in [3.63, 3.8) is 0 Å². The number of para-hydroxylation sites is 1. The highest BCUT2D eigenvalue weighted by Gasteiger charge is 2.20. The van der Waals surface area contributed by atoms with Gasteiger partial charge in [0.05, 0.1) is 5.56 Å². The minimum absolute atomic E-state index is 0.0542. The summed E-state index contributed by atoms with van der Waals surface area (Å²) in [7, 11) is 0. The largest absolute Gasteiger partial charge is 0.482 e. The van der Waals surface area contributed by atoms with Crippen LogP contribution in [0.2, 0.25) is 0 Å². The second-order valence-electron chi connectivity index (χ2n) is 5.20. The van der Waals surface area contributed by atoms with Crippen molar-refractivity contribution in [3.8, 4) is 11.8 Å². The molecule has 1 aliphatic rings. The normalized spacial score (nSPS) is 18.8. The van der Waals surface area contributed by atoms with Gasteiger partial charge in [-0.2, -0.15) is 5.26 Å². The Morgan fingerprint density at radius 2 is 2.33 bits per heavy atom. The molecular formula is C16H21N3O2. The minimum atomic E-state index is -0.134. The molecule has 1 aromatic carbocycles. The first-order valence-corrected chi connectivity index (χ1v) is 7.36. The van der Waals surface area contributed by atoms with Crippen LogP contribution in [0, 0.1) is 11.3 Å². The minimum Gasteiger partial charge on any atom is -0.482 e. The average molecular weight is 287 g/mol. The van der Waals surface area contributed by atoms with Crippen molar-refractivity contribution in [3.05, 3.63) is 29.8 Å². The van der Waals surface area contributed by atoms with Crippen molar-refractivity contribution in [1.82, 2.24) is 10.2 Å². The molecule has 21 heavy (non-hydrogen) atoms. The molecule has 1 amide bonds. The Morgan fingerprint density at radius 3 is 3.10 bits per heavy atom. The number of benzene rings is 1. The van der Waals surface area contributed by atoms with Crippen LogP contribution in [0.3, 0.4) is 0 Å². The molecule has 0 spiro atoms. The lowest BCUT2D eigenvalue weighted by Crippen LogP contribution is -2.48. The highest BCUT2D eigenvalue weighted by molar-refractivity contribution is 5.78. The van der Waals surface area contributed by atoms with Crippen LogP contribution in [0.4, 0.5) is 0 Å². The zero-order valence-corrected chi connectivity index (χ0v) is 12.3. The monoisotopic (exact) mass is 287 g/mol. The molecule has 0 aliphatic carbocycles. The number of nitrogens with zero attached hydrogens (tertiary/aromatic N) is 2. The van der Waals surface area contributed by atoms with E-state index in [-0.39, 0.29) is 18.6 Å². The number of likely N-dealkylation sites (N-methyl/N-ethyl adjacent to an activating group) is 1.